The first-order valence-electron chi connectivity index (χ1n) is 7.82. The van der Waals surface area contributed by atoms with Gasteiger partial charge in [0.1, 0.15) is 5.75 Å². The Morgan fingerprint density at radius 1 is 1.38 bits per heavy atom. The molecule has 1 fully saturated rings. The average molecular weight is 384 g/mol. The van der Waals surface area contributed by atoms with Crippen molar-refractivity contribution in [3.05, 3.63) is 28.8 Å². The van der Waals surface area contributed by atoms with Crippen LogP contribution in [0.4, 0.5) is 0 Å². The van der Waals surface area contributed by atoms with E-state index in [1.54, 1.807) is 6.07 Å². The molecule has 1 aromatic rings. The van der Waals surface area contributed by atoms with Gasteiger partial charge in [0.15, 0.2) is 6.61 Å². The van der Waals surface area contributed by atoms with Gasteiger partial charge in [0.25, 0.3) is 0 Å². The van der Waals surface area contributed by atoms with E-state index in [4.69, 9.17) is 26.2 Å². The molecule has 0 aliphatic carbocycles. The first-order chi connectivity index (χ1) is 12.5. The Kier molecular flexibility index (Phi) is 7.37. The van der Waals surface area contributed by atoms with Gasteiger partial charge in [0, 0.05) is 13.2 Å². The third-order valence-corrected chi connectivity index (χ3v) is 3.70. The van der Waals surface area contributed by atoms with Gasteiger partial charge in [-0.25, -0.2) is 10.2 Å². The lowest BCUT2D eigenvalue weighted by Crippen LogP contribution is -2.41. The van der Waals surface area contributed by atoms with Crippen LogP contribution >= 0.6 is 11.6 Å². The maximum atomic E-state index is 11.6. The number of halogens is 1. The van der Waals surface area contributed by atoms with Crippen LogP contribution in [-0.2, 0) is 19.1 Å². The number of hydrogen-bond donors (Lipinski definition) is 3. The molecular weight excluding hydrogens is 366 g/mol. The number of rotatable bonds is 7. The summed E-state index contributed by atoms with van der Waals surface area (Å²) in [7, 11) is 0. The number of nitrogens with zero attached hydrogens (tertiary/aromatic N) is 1. The maximum Gasteiger partial charge on any atom is 0.341 e. The van der Waals surface area contributed by atoms with Gasteiger partial charge in [-0.15, -0.1) is 0 Å². The highest BCUT2D eigenvalue weighted by atomic mass is 35.5. The van der Waals surface area contributed by atoms with Crippen molar-refractivity contribution in [2.24, 2.45) is 5.10 Å². The van der Waals surface area contributed by atoms with Crippen LogP contribution in [0.2, 0.25) is 5.02 Å². The summed E-state index contributed by atoms with van der Waals surface area (Å²) in [6.07, 6.45) is 3.03. The Bertz CT molecular complexity index is 703. The molecule has 1 heterocycles. The molecule has 0 radical (unpaired) electrons. The standard InChI is InChI=1S/C16H18ClN3O6/c17-12-6-10(3-4-13(12)26-9-14(21)22)7-19-20-16(24)15(23)18-8-11-2-1-5-25-11/h3-4,6-7,11H,1-2,5,8-9H2,(H,18,23)(H,20,24)(H,21,22)/b19-7-/t11-/m1/s1. The van der Waals surface area contributed by atoms with Crippen LogP contribution in [0.1, 0.15) is 18.4 Å². The number of ether oxygens (including phenoxy) is 2. The zero-order valence-corrected chi connectivity index (χ0v) is 14.5. The molecule has 26 heavy (non-hydrogen) atoms. The monoisotopic (exact) mass is 383 g/mol. The molecule has 9 nitrogen and oxygen atoms in total. The van der Waals surface area contributed by atoms with Gasteiger partial charge in [0.2, 0.25) is 0 Å². The first kappa shape index (κ1) is 19.7. The van der Waals surface area contributed by atoms with Gasteiger partial charge in [0.05, 0.1) is 17.3 Å². The van der Waals surface area contributed by atoms with E-state index < -0.39 is 24.4 Å². The minimum Gasteiger partial charge on any atom is -0.480 e. The summed E-state index contributed by atoms with van der Waals surface area (Å²) in [5.74, 6) is -2.60. The fourth-order valence-corrected chi connectivity index (χ4v) is 2.41. The molecule has 1 atom stereocenters. The number of carboxylic acids is 1. The highest BCUT2D eigenvalue weighted by Crippen LogP contribution is 2.24. The molecule has 0 unspecified atom stereocenters. The third-order valence-electron chi connectivity index (χ3n) is 3.41. The van der Waals surface area contributed by atoms with E-state index in [-0.39, 0.29) is 23.4 Å². The number of carbonyl (C=O) groups is 3. The zero-order chi connectivity index (χ0) is 18.9. The third kappa shape index (κ3) is 6.34. The lowest BCUT2D eigenvalue weighted by Gasteiger charge is -2.09. The summed E-state index contributed by atoms with van der Waals surface area (Å²) >= 11 is 5.97. The molecule has 0 aromatic heterocycles. The van der Waals surface area contributed by atoms with Gasteiger partial charge < -0.3 is 19.9 Å². The molecule has 1 aliphatic rings. The van der Waals surface area contributed by atoms with Crippen molar-refractivity contribution >= 4 is 35.6 Å². The summed E-state index contributed by atoms with van der Waals surface area (Å²) in [5, 5.41) is 14.9. The van der Waals surface area contributed by atoms with E-state index in [0.717, 1.165) is 12.8 Å². The predicted octanol–water partition coefficient (Wildman–Crippen LogP) is 0.549. The lowest BCUT2D eigenvalue weighted by molar-refractivity contribution is -0.139. The van der Waals surface area contributed by atoms with Crippen LogP contribution in [0.15, 0.2) is 23.3 Å². The van der Waals surface area contributed by atoms with Crippen molar-refractivity contribution in [2.75, 3.05) is 19.8 Å². The molecule has 0 spiro atoms. The number of nitrogens with one attached hydrogen (secondary N) is 2. The Labute approximate surface area is 154 Å². The molecule has 1 aromatic carbocycles. The van der Waals surface area contributed by atoms with Gasteiger partial charge in [-0.3, -0.25) is 9.59 Å². The maximum absolute atomic E-state index is 11.6. The highest BCUT2D eigenvalue weighted by molar-refractivity contribution is 6.35. The number of aliphatic carboxylic acids is 1. The summed E-state index contributed by atoms with van der Waals surface area (Å²) < 4.78 is 10.3. The Morgan fingerprint density at radius 2 is 2.19 bits per heavy atom. The summed E-state index contributed by atoms with van der Waals surface area (Å²) in [5.41, 5.74) is 2.63. The first-order valence-corrected chi connectivity index (χ1v) is 8.20. The summed E-state index contributed by atoms with van der Waals surface area (Å²) in [4.78, 5) is 33.7. The Balaban J connectivity index is 1.79. The van der Waals surface area contributed by atoms with Crippen molar-refractivity contribution in [3.8, 4) is 5.75 Å². The molecule has 0 saturated carbocycles. The van der Waals surface area contributed by atoms with E-state index in [9.17, 15) is 14.4 Å². The minimum absolute atomic E-state index is 0.0562. The molecule has 1 saturated heterocycles. The van der Waals surface area contributed by atoms with Crippen LogP contribution in [0.3, 0.4) is 0 Å². The second-order valence-corrected chi connectivity index (χ2v) is 5.82. The van der Waals surface area contributed by atoms with Crippen LogP contribution < -0.4 is 15.5 Å². The number of amides is 2. The minimum atomic E-state index is -1.12. The molecule has 3 N–H and O–H groups in total. The van der Waals surface area contributed by atoms with Crippen LogP contribution in [-0.4, -0.2) is 55.0 Å². The summed E-state index contributed by atoms with van der Waals surface area (Å²) in [6.45, 7) is 0.438. The molecule has 140 valence electrons. The van der Waals surface area contributed by atoms with Crippen molar-refractivity contribution in [2.45, 2.75) is 18.9 Å². The normalized spacial score (nSPS) is 16.4. The fourth-order valence-electron chi connectivity index (χ4n) is 2.16. The topological polar surface area (TPSA) is 126 Å². The average Bonchev–Trinajstić information content (AvgIpc) is 3.12. The molecule has 10 heteroatoms. The second-order valence-electron chi connectivity index (χ2n) is 5.42. The largest absolute Gasteiger partial charge is 0.480 e. The van der Waals surface area contributed by atoms with E-state index in [1.807, 2.05) is 0 Å². The lowest BCUT2D eigenvalue weighted by atomic mass is 10.2. The smallest absolute Gasteiger partial charge is 0.341 e. The Morgan fingerprint density at radius 3 is 2.85 bits per heavy atom. The van der Waals surface area contributed by atoms with E-state index in [2.05, 4.69) is 15.8 Å². The molecular formula is C16H18ClN3O6. The number of hydrogen-bond acceptors (Lipinski definition) is 6. The summed E-state index contributed by atoms with van der Waals surface area (Å²) in [6, 6.07) is 4.52. The fraction of sp³-hybridized carbons (Fsp3) is 0.375. The number of benzene rings is 1. The molecule has 0 bridgehead atoms. The van der Waals surface area contributed by atoms with E-state index in [1.165, 1.54) is 18.3 Å². The highest BCUT2D eigenvalue weighted by Gasteiger charge is 2.18. The van der Waals surface area contributed by atoms with E-state index in [0.29, 0.717) is 12.2 Å². The quantitative estimate of drug-likeness (QED) is 0.358. The van der Waals surface area contributed by atoms with Gasteiger partial charge in [-0.05, 0) is 36.6 Å². The van der Waals surface area contributed by atoms with Crippen molar-refractivity contribution < 1.29 is 29.0 Å². The van der Waals surface area contributed by atoms with Crippen LogP contribution in [0, 0.1) is 0 Å². The molecule has 2 rings (SSSR count). The second kappa shape index (κ2) is 9.73. The van der Waals surface area contributed by atoms with Crippen molar-refractivity contribution in [3.63, 3.8) is 0 Å². The van der Waals surface area contributed by atoms with Crippen molar-refractivity contribution in [1.82, 2.24) is 10.7 Å². The molecule has 1 aliphatic heterocycles. The number of carboxylic acid groups (broad SMARTS) is 1. The van der Waals surface area contributed by atoms with Crippen LogP contribution in [0.5, 0.6) is 5.75 Å². The van der Waals surface area contributed by atoms with Gasteiger partial charge in [-0.1, -0.05) is 11.6 Å². The van der Waals surface area contributed by atoms with Gasteiger partial charge in [-0.2, -0.15) is 5.10 Å². The predicted molar refractivity (Wildman–Crippen MR) is 92.3 cm³/mol. The van der Waals surface area contributed by atoms with E-state index >= 15 is 0 Å². The zero-order valence-electron chi connectivity index (χ0n) is 13.7. The van der Waals surface area contributed by atoms with Gasteiger partial charge >= 0.3 is 17.8 Å². The number of carbonyl (C=O) groups excluding carboxylic acids is 2. The van der Waals surface area contributed by atoms with Crippen LogP contribution in [0.25, 0.3) is 0 Å². The molecule has 2 amide bonds. The Hall–Kier alpha value is -2.65. The van der Waals surface area contributed by atoms with Crippen molar-refractivity contribution in [1.29, 1.82) is 0 Å². The SMILES string of the molecule is O=C(O)COc1ccc(/C=N\NC(=O)C(=O)NC[C@H]2CCCO2)cc1Cl. The number of hydrazone groups is 1.